The third-order valence-electron chi connectivity index (χ3n) is 6.51. The number of carbonyl (C=O) groups is 2. The van der Waals surface area contributed by atoms with E-state index in [-0.39, 0.29) is 37.5 Å². The fourth-order valence-electron chi connectivity index (χ4n) is 4.76. The van der Waals surface area contributed by atoms with Crippen molar-refractivity contribution in [1.29, 1.82) is 0 Å². The van der Waals surface area contributed by atoms with Crippen LogP contribution in [0.5, 0.6) is 11.5 Å². The van der Waals surface area contributed by atoms with Crippen LogP contribution in [0.3, 0.4) is 0 Å². The molecule has 6 rings (SSSR count). The van der Waals surface area contributed by atoms with Crippen LogP contribution in [0.4, 0.5) is 0 Å². The maximum absolute atomic E-state index is 13.6. The van der Waals surface area contributed by atoms with Gasteiger partial charge in [0.2, 0.25) is 18.9 Å². The van der Waals surface area contributed by atoms with Crippen LogP contribution in [-0.2, 0) is 20.7 Å². The van der Waals surface area contributed by atoms with E-state index in [1.54, 1.807) is 19.1 Å². The number of fused-ring (bicyclic) bond motifs is 3. The number of benzene rings is 2. The third kappa shape index (κ3) is 2.94. The van der Waals surface area contributed by atoms with Crippen molar-refractivity contribution in [2.75, 3.05) is 19.9 Å². The van der Waals surface area contributed by atoms with Crippen molar-refractivity contribution in [2.45, 2.75) is 25.6 Å². The van der Waals surface area contributed by atoms with E-state index in [1.165, 1.54) is 9.80 Å². The normalized spacial score (nSPS) is 21.8. The van der Waals surface area contributed by atoms with Gasteiger partial charge in [0.15, 0.2) is 23.0 Å². The molecule has 3 heterocycles. The Balaban J connectivity index is 1.47. The van der Waals surface area contributed by atoms with Crippen molar-refractivity contribution in [1.82, 2.24) is 9.80 Å². The Bertz CT molecular complexity index is 1250. The van der Waals surface area contributed by atoms with Gasteiger partial charge in [-0.05, 0) is 42.7 Å². The van der Waals surface area contributed by atoms with Crippen LogP contribution in [0, 0.1) is 0 Å². The first-order valence-electron chi connectivity index (χ1n) is 10.9. The van der Waals surface area contributed by atoms with Gasteiger partial charge >= 0.3 is 0 Å². The van der Waals surface area contributed by atoms with Gasteiger partial charge < -0.3 is 24.2 Å². The Morgan fingerprint density at radius 1 is 1.12 bits per heavy atom. The number of nitrogens with zero attached hydrogens (tertiary/aromatic N) is 2. The summed E-state index contributed by atoms with van der Waals surface area (Å²) >= 11 is 0. The topological polar surface area (TPSA) is 88.5 Å². The van der Waals surface area contributed by atoms with Gasteiger partial charge in [0.05, 0.1) is 12.6 Å². The van der Waals surface area contributed by atoms with Crippen molar-refractivity contribution in [2.24, 2.45) is 0 Å². The third-order valence-corrected chi connectivity index (χ3v) is 6.51. The summed E-state index contributed by atoms with van der Waals surface area (Å²) in [6, 6.07) is 12.8. The molecule has 4 aliphatic rings. The summed E-state index contributed by atoms with van der Waals surface area (Å²) in [5, 5.41) is 9.66. The van der Waals surface area contributed by atoms with Crippen LogP contribution in [0.2, 0.25) is 0 Å². The van der Waals surface area contributed by atoms with Crippen molar-refractivity contribution in [3.63, 3.8) is 0 Å². The van der Waals surface area contributed by atoms with Crippen molar-refractivity contribution >= 4 is 17.4 Å². The molecule has 1 N–H and O–H groups in total. The number of amides is 2. The predicted molar refractivity (Wildman–Crippen MR) is 117 cm³/mol. The highest BCUT2D eigenvalue weighted by Crippen LogP contribution is 2.47. The molecule has 2 unspecified atom stereocenters. The molecule has 168 valence electrons. The Hall–Kier alpha value is -3.78. The molecule has 8 nitrogen and oxygen atoms in total. The number of hydrogen-bond acceptors (Lipinski definition) is 6. The lowest BCUT2D eigenvalue weighted by atomic mass is 10.0. The molecule has 0 aromatic heterocycles. The molecule has 1 fully saturated rings. The molecule has 1 saturated heterocycles. The number of rotatable bonds is 4. The van der Waals surface area contributed by atoms with Gasteiger partial charge in [-0.2, -0.15) is 0 Å². The fraction of sp³-hybridized carbons (Fsp3) is 0.280. The van der Waals surface area contributed by atoms with Gasteiger partial charge in [0, 0.05) is 11.1 Å². The Labute approximate surface area is 190 Å². The van der Waals surface area contributed by atoms with E-state index < -0.39 is 12.3 Å². The molecule has 2 aromatic rings. The fourth-order valence-corrected chi connectivity index (χ4v) is 4.76. The minimum absolute atomic E-state index is 0.128. The van der Waals surface area contributed by atoms with Gasteiger partial charge in [-0.15, -0.1) is 0 Å². The first kappa shape index (κ1) is 19.9. The highest BCUT2D eigenvalue weighted by Gasteiger charge is 2.49. The number of hydrogen-bond donors (Lipinski definition) is 1. The molecule has 1 aliphatic carbocycles. The van der Waals surface area contributed by atoms with E-state index in [4.69, 9.17) is 14.2 Å². The lowest BCUT2D eigenvalue weighted by Crippen LogP contribution is -2.55. The second kappa shape index (κ2) is 7.38. The summed E-state index contributed by atoms with van der Waals surface area (Å²) in [4.78, 5) is 29.8. The van der Waals surface area contributed by atoms with Crippen LogP contribution >= 0.6 is 0 Å². The van der Waals surface area contributed by atoms with Gasteiger partial charge in [-0.3, -0.25) is 14.5 Å². The zero-order valence-electron chi connectivity index (χ0n) is 18.0. The molecule has 0 bridgehead atoms. The molecule has 2 amide bonds. The second-order valence-electron chi connectivity index (χ2n) is 8.47. The van der Waals surface area contributed by atoms with Crippen LogP contribution < -0.4 is 9.47 Å². The summed E-state index contributed by atoms with van der Waals surface area (Å²) < 4.78 is 17.3. The van der Waals surface area contributed by atoms with E-state index in [0.717, 1.165) is 23.1 Å². The summed E-state index contributed by atoms with van der Waals surface area (Å²) in [6.07, 6.45) is 1.94. The van der Waals surface area contributed by atoms with Crippen LogP contribution in [0.15, 0.2) is 60.0 Å². The van der Waals surface area contributed by atoms with Gasteiger partial charge in [0.1, 0.15) is 6.54 Å². The van der Waals surface area contributed by atoms with Gasteiger partial charge in [-0.1, -0.05) is 30.3 Å². The summed E-state index contributed by atoms with van der Waals surface area (Å²) in [5.41, 5.74) is 3.81. The Morgan fingerprint density at radius 3 is 2.79 bits per heavy atom. The first-order valence-corrected chi connectivity index (χ1v) is 10.9. The maximum Gasteiger partial charge on any atom is 0.275 e. The molecular weight excluding hydrogens is 424 g/mol. The Kier molecular flexibility index (Phi) is 4.45. The van der Waals surface area contributed by atoms with E-state index >= 15 is 0 Å². The average molecular weight is 446 g/mol. The molecule has 0 radical (unpaired) electrons. The largest absolute Gasteiger partial charge is 0.463 e. The molecule has 0 spiro atoms. The quantitative estimate of drug-likeness (QED) is 0.776. The molecule has 8 heteroatoms. The lowest BCUT2D eigenvalue weighted by Gasteiger charge is -2.37. The SMILES string of the molecule is CC(CO)N1CC(=O)N2C(=C(C3=CCc4ccccc43)OC2c2ccc3c(c2)OCO3)C1=O. The smallest absolute Gasteiger partial charge is 0.275 e. The summed E-state index contributed by atoms with van der Waals surface area (Å²) in [6.45, 7) is 1.49. The molecule has 0 saturated carbocycles. The summed E-state index contributed by atoms with van der Waals surface area (Å²) in [5.74, 6) is 0.981. The van der Waals surface area contributed by atoms with E-state index in [2.05, 4.69) is 0 Å². The van der Waals surface area contributed by atoms with E-state index in [0.29, 0.717) is 22.8 Å². The molecule has 33 heavy (non-hydrogen) atoms. The van der Waals surface area contributed by atoms with Gasteiger partial charge in [-0.25, -0.2) is 0 Å². The highest BCUT2D eigenvalue weighted by molar-refractivity contribution is 6.07. The number of carbonyl (C=O) groups excluding carboxylic acids is 2. The number of aliphatic hydroxyl groups is 1. The second-order valence-corrected chi connectivity index (χ2v) is 8.47. The standard InChI is InChI=1S/C25H22N2O6/c1-14(12-28)26-11-21(29)27-22(24(26)30)23(18-8-6-15-4-2-3-5-17(15)18)33-25(27)16-7-9-19-20(10-16)32-13-31-19/h2-5,7-10,14,25,28H,6,11-13H2,1H3. The highest BCUT2D eigenvalue weighted by atomic mass is 16.7. The molecule has 2 aromatic carbocycles. The first-order chi connectivity index (χ1) is 16.1. The minimum Gasteiger partial charge on any atom is -0.463 e. The zero-order valence-corrected chi connectivity index (χ0v) is 18.0. The maximum atomic E-state index is 13.6. The number of ether oxygens (including phenoxy) is 3. The molecule has 2 atom stereocenters. The predicted octanol–water partition coefficient (Wildman–Crippen LogP) is 2.35. The van der Waals surface area contributed by atoms with Crippen molar-refractivity contribution in [3.8, 4) is 11.5 Å². The van der Waals surface area contributed by atoms with E-state index in [9.17, 15) is 14.7 Å². The van der Waals surface area contributed by atoms with Crippen LogP contribution in [0.1, 0.15) is 29.8 Å². The zero-order chi connectivity index (χ0) is 22.7. The minimum atomic E-state index is -0.804. The number of aliphatic hydroxyl groups excluding tert-OH is 1. The monoisotopic (exact) mass is 446 g/mol. The van der Waals surface area contributed by atoms with Crippen molar-refractivity contribution < 1.29 is 28.9 Å². The molecular formula is C25H22N2O6. The molecule has 3 aliphatic heterocycles. The van der Waals surface area contributed by atoms with E-state index in [1.807, 2.05) is 36.4 Å². The summed E-state index contributed by atoms with van der Waals surface area (Å²) in [7, 11) is 0. The number of allylic oxidation sites excluding steroid dienone is 2. The lowest BCUT2D eigenvalue weighted by molar-refractivity contribution is -0.152. The van der Waals surface area contributed by atoms with Crippen LogP contribution in [-0.4, -0.2) is 52.7 Å². The van der Waals surface area contributed by atoms with Crippen LogP contribution in [0.25, 0.3) is 5.57 Å². The average Bonchev–Trinajstić information content (AvgIpc) is 3.56. The Morgan fingerprint density at radius 2 is 1.94 bits per heavy atom. The number of piperazine rings is 1. The van der Waals surface area contributed by atoms with Crippen molar-refractivity contribution in [3.05, 3.63) is 76.7 Å². The van der Waals surface area contributed by atoms with Gasteiger partial charge in [0.25, 0.3) is 5.91 Å².